The van der Waals surface area contributed by atoms with Crippen molar-refractivity contribution in [2.24, 2.45) is 0 Å². The Morgan fingerprint density at radius 1 is 1.09 bits per heavy atom. The van der Waals surface area contributed by atoms with E-state index in [1.165, 1.54) is 10.9 Å². The summed E-state index contributed by atoms with van der Waals surface area (Å²) in [6.45, 7) is 3.35. The summed E-state index contributed by atoms with van der Waals surface area (Å²) in [7, 11) is 0. The van der Waals surface area contributed by atoms with Gasteiger partial charge in [-0.1, -0.05) is 12.1 Å². The normalized spacial score (nSPS) is 15.4. The predicted molar refractivity (Wildman–Crippen MR) is 90.4 cm³/mol. The monoisotopic (exact) mass is 311 g/mol. The van der Waals surface area contributed by atoms with Crippen LogP contribution < -0.4 is 5.32 Å². The average Bonchev–Trinajstić information content (AvgIpc) is 3.24. The van der Waals surface area contributed by atoms with E-state index in [1.54, 1.807) is 11.3 Å². The lowest BCUT2D eigenvalue weighted by Crippen LogP contribution is -2.46. The molecule has 1 aliphatic rings. The summed E-state index contributed by atoms with van der Waals surface area (Å²) in [4.78, 5) is 19.7. The number of thiophene rings is 1. The van der Waals surface area contributed by atoms with Crippen LogP contribution in [0.1, 0.15) is 9.67 Å². The van der Waals surface area contributed by atoms with E-state index in [1.807, 2.05) is 23.2 Å². The number of nitrogens with zero attached hydrogens (tertiary/aromatic N) is 1. The Morgan fingerprint density at radius 3 is 2.82 bits per heavy atom. The number of H-pyrrole nitrogens is 1. The molecule has 1 aliphatic heterocycles. The van der Waals surface area contributed by atoms with Crippen LogP contribution in [-0.2, 0) is 0 Å². The number of carbonyl (C=O) groups is 1. The van der Waals surface area contributed by atoms with Crippen molar-refractivity contribution in [3.05, 3.63) is 47.5 Å². The minimum atomic E-state index is 0.152. The Hall–Kier alpha value is -2.11. The second-order valence-corrected chi connectivity index (χ2v) is 6.53. The number of piperazine rings is 1. The van der Waals surface area contributed by atoms with Gasteiger partial charge in [0.2, 0.25) is 0 Å². The molecule has 5 heteroatoms. The van der Waals surface area contributed by atoms with Gasteiger partial charge in [0.05, 0.1) is 4.88 Å². The van der Waals surface area contributed by atoms with Gasteiger partial charge in [-0.25, -0.2) is 0 Å². The van der Waals surface area contributed by atoms with Crippen molar-refractivity contribution in [1.29, 1.82) is 0 Å². The first-order valence-corrected chi connectivity index (χ1v) is 8.31. The van der Waals surface area contributed by atoms with Gasteiger partial charge in [-0.3, -0.25) is 4.79 Å². The van der Waals surface area contributed by atoms with Gasteiger partial charge in [0.15, 0.2) is 0 Å². The van der Waals surface area contributed by atoms with E-state index in [-0.39, 0.29) is 5.91 Å². The molecule has 22 heavy (non-hydrogen) atoms. The Balaban J connectivity index is 1.66. The number of carbonyl (C=O) groups excluding carboxylic acids is 1. The van der Waals surface area contributed by atoms with Crippen LogP contribution in [0.5, 0.6) is 0 Å². The van der Waals surface area contributed by atoms with Crippen molar-refractivity contribution >= 4 is 28.1 Å². The molecule has 1 amide bonds. The van der Waals surface area contributed by atoms with Crippen molar-refractivity contribution in [2.75, 3.05) is 26.2 Å². The zero-order valence-corrected chi connectivity index (χ0v) is 13.0. The number of benzene rings is 1. The first-order valence-electron chi connectivity index (χ1n) is 7.49. The molecule has 0 aliphatic carbocycles. The molecule has 0 atom stereocenters. The fourth-order valence-corrected chi connectivity index (χ4v) is 3.94. The van der Waals surface area contributed by atoms with Gasteiger partial charge in [0.25, 0.3) is 5.91 Å². The second-order valence-electron chi connectivity index (χ2n) is 5.45. The Labute approximate surface area is 132 Å². The lowest BCUT2D eigenvalue weighted by molar-refractivity contribution is 0.0740. The summed E-state index contributed by atoms with van der Waals surface area (Å²) in [6.07, 6.45) is 1.95. The molecular weight excluding hydrogens is 294 g/mol. The molecule has 0 spiro atoms. The van der Waals surface area contributed by atoms with Crippen LogP contribution in [0.15, 0.2) is 42.6 Å². The van der Waals surface area contributed by atoms with E-state index in [2.05, 4.69) is 34.6 Å². The van der Waals surface area contributed by atoms with Gasteiger partial charge in [0.1, 0.15) is 0 Å². The van der Waals surface area contributed by atoms with Crippen LogP contribution in [-0.4, -0.2) is 42.0 Å². The quantitative estimate of drug-likeness (QED) is 0.764. The molecule has 0 bridgehead atoms. The van der Waals surface area contributed by atoms with E-state index in [0.717, 1.165) is 41.5 Å². The molecule has 0 saturated carbocycles. The Morgan fingerprint density at radius 2 is 1.95 bits per heavy atom. The molecule has 2 N–H and O–H groups in total. The highest BCUT2D eigenvalue weighted by Gasteiger charge is 2.20. The second kappa shape index (κ2) is 5.59. The van der Waals surface area contributed by atoms with Crippen molar-refractivity contribution in [3.63, 3.8) is 0 Å². The Bertz CT molecular complexity index is 814. The third-order valence-corrected chi connectivity index (χ3v) is 5.19. The van der Waals surface area contributed by atoms with E-state index in [9.17, 15) is 4.79 Å². The number of nitrogens with one attached hydrogen (secondary N) is 2. The maximum absolute atomic E-state index is 12.6. The zero-order valence-electron chi connectivity index (χ0n) is 12.1. The SMILES string of the molecule is O=C(c1ccc(-c2cccc3[nH]ccc23)s1)N1CCNCC1. The smallest absolute Gasteiger partial charge is 0.264 e. The van der Waals surface area contributed by atoms with Gasteiger partial charge < -0.3 is 15.2 Å². The van der Waals surface area contributed by atoms with E-state index in [4.69, 9.17) is 0 Å². The van der Waals surface area contributed by atoms with Crippen LogP contribution in [0.2, 0.25) is 0 Å². The minimum absolute atomic E-state index is 0.152. The van der Waals surface area contributed by atoms with Crippen LogP contribution >= 0.6 is 11.3 Å². The van der Waals surface area contributed by atoms with Crippen molar-refractivity contribution in [2.45, 2.75) is 0 Å². The predicted octanol–water partition coefficient (Wildman–Crippen LogP) is 2.94. The summed E-state index contributed by atoms with van der Waals surface area (Å²) in [5.41, 5.74) is 2.31. The molecule has 112 valence electrons. The van der Waals surface area contributed by atoms with Crippen molar-refractivity contribution < 1.29 is 4.79 Å². The van der Waals surface area contributed by atoms with Gasteiger partial charge in [-0.2, -0.15) is 0 Å². The highest BCUT2D eigenvalue weighted by molar-refractivity contribution is 7.17. The van der Waals surface area contributed by atoms with Crippen molar-refractivity contribution in [3.8, 4) is 10.4 Å². The maximum Gasteiger partial charge on any atom is 0.264 e. The molecular formula is C17H17N3OS. The highest BCUT2D eigenvalue weighted by atomic mass is 32.1. The lowest BCUT2D eigenvalue weighted by atomic mass is 10.1. The van der Waals surface area contributed by atoms with E-state index < -0.39 is 0 Å². The van der Waals surface area contributed by atoms with Crippen LogP contribution in [0.3, 0.4) is 0 Å². The molecule has 4 nitrogen and oxygen atoms in total. The largest absolute Gasteiger partial charge is 0.361 e. The van der Waals surface area contributed by atoms with Crippen LogP contribution in [0.25, 0.3) is 21.3 Å². The number of hydrogen-bond donors (Lipinski definition) is 2. The summed E-state index contributed by atoms with van der Waals surface area (Å²) in [5.74, 6) is 0.152. The number of aromatic amines is 1. The Kier molecular flexibility index (Phi) is 3.44. The fourth-order valence-electron chi connectivity index (χ4n) is 2.92. The number of rotatable bonds is 2. The number of hydrogen-bond acceptors (Lipinski definition) is 3. The molecule has 0 radical (unpaired) electrons. The minimum Gasteiger partial charge on any atom is -0.361 e. The van der Waals surface area contributed by atoms with Crippen molar-refractivity contribution in [1.82, 2.24) is 15.2 Å². The standard InChI is InChI=1S/C17H17N3OS/c21-17(20-10-8-18-9-11-20)16-5-4-15(22-16)13-2-1-3-14-12(13)6-7-19-14/h1-7,18-19H,8-11H2. The zero-order chi connectivity index (χ0) is 14.9. The molecule has 3 aromatic rings. The molecule has 1 saturated heterocycles. The van der Waals surface area contributed by atoms with Gasteiger partial charge in [-0.05, 0) is 24.3 Å². The number of fused-ring (bicyclic) bond motifs is 1. The summed E-state index contributed by atoms with van der Waals surface area (Å²) >= 11 is 1.58. The van der Waals surface area contributed by atoms with E-state index >= 15 is 0 Å². The topological polar surface area (TPSA) is 48.1 Å². The maximum atomic E-state index is 12.6. The molecule has 0 unspecified atom stereocenters. The van der Waals surface area contributed by atoms with Crippen LogP contribution in [0, 0.1) is 0 Å². The van der Waals surface area contributed by atoms with Crippen LogP contribution in [0.4, 0.5) is 0 Å². The number of aromatic nitrogens is 1. The first kappa shape index (κ1) is 13.5. The summed E-state index contributed by atoms with van der Waals surface area (Å²) < 4.78 is 0. The number of amides is 1. The molecule has 1 fully saturated rings. The van der Waals surface area contributed by atoms with Gasteiger partial charge in [0, 0.05) is 53.7 Å². The van der Waals surface area contributed by atoms with Gasteiger partial charge >= 0.3 is 0 Å². The van der Waals surface area contributed by atoms with E-state index in [0.29, 0.717) is 0 Å². The third-order valence-electron chi connectivity index (χ3n) is 4.08. The molecule has 3 heterocycles. The lowest BCUT2D eigenvalue weighted by Gasteiger charge is -2.26. The molecule has 1 aromatic carbocycles. The highest BCUT2D eigenvalue weighted by Crippen LogP contribution is 2.33. The summed E-state index contributed by atoms with van der Waals surface area (Å²) in [6, 6.07) is 12.3. The molecule has 2 aromatic heterocycles. The van der Waals surface area contributed by atoms with Gasteiger partial charge in [-0.15, -0.1) is 11.3 Å². The average molecular weight is 311 g/mol. The molecule has 4 rings (SSSR count). The fraction of sp³-hybridized carbons (Fsp3) is 0.235. The third kappa shape index (κ3) is 2.32. The first-order chi connectivity index (χ1) is 10.8. The summed E-state index contributed by atoms with van der Waals surface area (Å²) in [5, 5.41) is 4.47.